The molecule has 3 N–H and O–H groups in total. The first kappa shape index (κ1) is 19.6. The highest BCUT2D eigenvalue weighted by Crippen LogP contribution is 2.38. The Labute approximate surface area is 159 Å². The van der Waals surface area contributed by atoms with Crippen molar-refractivity contribution < 1.29 is 23.8 Å². The second kappa shape index (κ2) is 8.57. The number of amides is 2. The second-order valence-electron chi connectivity index (χ2n) is 5.38. The molecule has 0 aromatic heterocycles. The van der Waals surface area contributed by atoms with Gasteiger partial charge in [-0.15, -0.1) is 0 Å². The number of hydrogen-bond donors (Lipinski definition) is 2. The summed E-state index contributed by atoms with van der Waals surface area (Å²) in [6, 6.07) is 8.49. The summed E-state index contributed by atoms with van der Waals surface area (Å²) >= 11 is 3.42. The molecule has 7 nitrogen and oxygen atoms in total. The molecule has 0 fully saturated rings. The molecule has 0 heterocycles. The molecule has 0 bridgehead atoms. The smallest absolute Gasteiger partial charge is 0.255 e. The van der Waals surface area contributed by atoms with E-state index in [0.29, 0.717) is 11.3 Å². The number of halogens is 1. The van der Waals surface area contributed by atoms with Crippen LogP contribution in [0.3, 0.4) is 0 Å². The molecule has 0 saturated heterocycles. The molecule has 0 saturated carbocycles. The topological polar surface area (TPSA) is 99.9 Å². The van der Waals surface area contributed by atoms with Crippen LogP contribution >= 0.6 is 15.9 Å². The van der Waals surface area contributed by atoms with Crippen molar-refractivity contribution in [1.29, 1.82) is 0 Å². The molecule has 2 aromatic carbocycles. The number of carbonyl (C=O) groups is 2. The van der Waals surface area contributed by atoms with Crippen molar-refractivity contribution >= 4 is 33.4 Å². The number of hydrogen-bond acceptors (Lipinski definition) is 5. The number of primary amides is 1. The van der Waals surface area contributed by atoms with Gasteiger partial charge in [0.1, 0.15) is 0 Å². The molecule has 0 aliphatic rings. The maximum Gasteiger partial charge on any atom is 0.255 e. The molecule has 0 aliphatic heterocycles. The molecular formula is C18H19BrN2O5. The lowest BCUT2D eigenvalue weighted by Crippen LogP contribution is -2.20. The summed E-state index contributed by atoms with van der Waals surface area (Å²) < 4.78 is 16.8. The summed E-state index contributed by atoms with van der Waals surface area (Å²) in [6.45, 7) is 1.59. The molecule has 0 radical (unpaired) electrons. The second-order valence-corrected chi connectivity index (χ2v) is 6.24. The number of rotatable bonds is 7. The highest BCUT2D eigenvalue weighted by atomic mass is 79.9. The Morgan fingerprint density at radius 1 is 1.12 bits per heavy atom. The van der Waals surface area contributed by atoms with Crippen molar-refractivity contribution in [3.63, 3.8) is 0 Å². The minimum absolute atomic E-state index is 0.199. The van der Waals surface area contributed by atoms with E-state index in [1.165, 1.54) is 26.4 Å². The predicted octanol–water partition coefficient (Wildman–Crippen LogP) is 2.89. The van der Waals surface area contributed by atoms with E-state index >= 15 is 0 Å². The van der Waals surface area contributed by atoms with E-state index in [9.17, 15) is 9.59 Å². The lowest BCUT2D eigenvalue weighted by atomic mass is 10.1. The van der Waals surface area contributed by atoms with Crippen molar-refractivity contribution in [2.45, 2.75) is 6.92 Å². The average Bonchev–Trinajstić information content (AvgIpc) is 2.62. The Hall–Kier alpha value is -2.74. The normalized spacial score (nSPS) is 10.2. The van der Waals surface area contributed by atoms with E-state index in [1.54, 1.807) is 6.07 Å². The van der Waals surface area contributed by atoms with Gasteiger partial charge in [-0.25, -0.2) is 0 Å². The third-order valence-corrected chi connectivity index (χ3v) is 4.39. The number of aryl methyl sites for hydroxylation is 1. The SMILES string of the molecule is COc1cc(C(=O)Nc2ccc(Br)c(C)c2)cc(OC)c1OCC(N)=O. The third-order valence-electron chi connectivity index (χ3n) is 3.50. The molecule has 2 aromatic rings. The van der Waals surface area contributed by atoms with Crippen LogP contribution in [0.5, 0.6) is 17.2 Å². The summed E-state index contributed by atoms with van der Waals surface area (Å²) in [7, 11) is 2.84. The number of nitrogens with two attached hydrogens (primary N) is 1. The van der Waals surface area contributed by atoms with E-state index in [1.807, 2.05) is 19.1 Å². The summed E-state index contributed by atoms with van der Waals surface area (Å²) in [6.07, 6.45) is 0. The van der Waals surface area contributed by atoms with E-state index < -0.39 is 5.91 Å². The summed E-state index contributed by atoms with van der Waals surface area (Å²) in [5.41, 5.74) is 7.06. The minimum Gasteiger partial charge on any atom is -0.493 e. The minimum atomic E-state index is -0.637. The average molecular weight is 423 g/mol. The number of benzene rings is 2. The molecule has 0 unspecified atom stereocenters. The van der Waals surface area contributed by atoms with Crippen LogP contribution in [-0.4, -0.2) is 32.6 Å². The van der Waals surface area contributed by atoms with Gasteiger partial charge in [0.25, 0.3) is 11.8 Å². The zero-order valence-electron chi connectivity index (χ0n) is 14.6. The van der Waals surface area contributed by atoms with Crippen LogP contribution in [0.15, 0.2) is 34.8 Å². The van der Waals surface area contributed by atoms with Gasteiger partial charge in [-0.05, 0) is 42.8 Å². The number of nitrogens with one attached hydrogen (secondary N) is 1. The van der Waals surface area contributed by atoms with Gasteiger partial charge in [0.2, 0.25) is 5.75 Å². The first-order chi connectivity index (χ1) is 12.3. The van der Waals surface area contributed by atoms with Crippen LogP contribution < -0.4 is 25.3 Å². The fraction of sp³-hybridized carbons (Fsp3) is 0.222. The molecule has 26 heavy (non-hydrogen) atoms. The van der Waals surface area contributed by atoms with Gasteiger partial charge in [-0.1, -0.05) is 15.9 Å². The maximum atomic E-state index is 12.6. The standard InChI is InChI=1S/C18H19BrN2O5/c1-10-6-12(4-5-13(10)19)21-18(23)11-7-14(24-2)17(15(8-11)25-3)26-9-16(20)22/h4-8H,9H2,1-3H3,(H2,20,22)(H,21,23). The number of anilines is 1. The summed E-state index contributed by atoms with van der Waals surface area (Å²) in [5.74, 6) is -0.276. The van der Waals surface area contributed by atoms with Gasteiger partial charge >= 0.3 is 0 Å². The van der Waals surface area contributed by atoms with Crippen molar-refractivity contribution in [3.8, 4) is 17.2 Å². The molecule has 0 spiro atoms. The van der Waals surface area contributed by atoms with Gasteiger partial charge in [0.05, 0.1) is 14.2 Å². The molecule has 2 amide bonds. The number of carbonyl (C=O) groups excluding carboxylic acids is 2. The summed E-state index contributed by atoms with van der Waals surface area (Å²) in [4.78, 5) is 23.5. The summed E-state index contributed by atoms with van der Waals surface area (Å²) in [5, 5.41) is 2.81. The molecule has 2 rings (SSSR count). The molecule has 8 heteroatoms. The van der Waals surface area contributed by atoms with E-state index in [2.05, 4.69) is 21.2 Å². The van der Waals surface area contributed by atoms with Crippen LogP contribution in [0.4, 0.5) is 5.69 Å². The van der Waals surface area contributed by atoms with Gasteiger partial charge in [-0.2, -0.15) is 0 Å². The molecule has 0 aliphatic carbocycles. The monoisotopic (exact) mass is 422 g/mol. The third kappa shape index (κ3) is 4.66. The lowest BCUT2D eigenvalue weighted by Gasteiger charge is -2.15. The van der Waals surface area contributed by atoms with Crippen molar-refractivity contribution in [3.05, 3.63) is 45.9 Å². The Morgan fingerprint density at radius 3 is 2.23 bits per heavy atom. The maximum absolute atomic E-state index is 12.6. The van der Waals surface area contributed by atoms with Gasteiger partial charge in [-0.3, -0.25) is 9.59 Å². The van der Waals surface area contributed by atoms with Gasteiger partial charge < -0.3 is 25.3 Å². The highest BCUT2D eigenvalue weighted by Gasteiger charge is 2.18. The Bertz CT molecular complexity index is 813. The highest BCUT2D eigenvalue weighted by molar-refractivity contribution is 9.10. The van der Waals surface area contributed by atoms with Crippen LogP contribution in [0.1, 0.15) is 15.9 Å². The Kier molecular flexibility index (Phi) is 6.46. The van der Waals surface area contributed by atoms with Gasteiger partial charge in [0.15, 0.2) is 18.1 Å². The first-order valence-electron chi connectivity index (χ1n) is 7.60. The van der Waals surface area contributed by atoms with Gasteiger partial charge in [0, 0.05) is 15.7 Å². The number of ether oxygens (including phenoxy) is 3. The molecule has 138 valence electrons. The fourth-order valence-electron chi connectivity index (χ4n) is 2.22. The quantitative estimate of drug-likeness (QED) is 0.714. The van der Waals surface area contributed by atoms with E-state index in [4.69, 9.17) is 19.9 Å². The predicted molar refractivity (Wildman–Crippen MR) is 101 cm³/mol. The Balaban J connectivity index is 2.31. The lowest BCUT2D eigenvalue weighted by molar-refractivity contribution is -0.120. The van der Waals surface area contributed by atoms with Crippen LogP contribution in [0.2, 0.25) is 0 Å². The number of methoxy groups -OCH3 is 2. The van der Waals surface area contributed by atoms with E-state index in [-0.39, 0.29) is 29.8 Å². The van der Waals surface area contributed by atoms with Crippen molar-refractivity contribution in [1.82, 2.24) is 0 Å². The zero-order chi connectivity index (χ0) is 19.3. The van der Waals surface area contributed by atoms with Crippen LogP contribution in [-0.2, 0) is 4.79 Å². The Morgan fingerprint density at radius 2 is 1.73 bits per heavy atom. The van der Waals surface area contributed by atoms with E-state index in [0.717, 1.165) is 10.0 Å². The van der Waals surface area contributed by atoms with Crippen molar-refractivity contribution in [2.24, 2.45) is 5.73 Å². The first-order valence-corrected chi connectivity index (χ1v) is 8.39. The van der Waals surface area contributed by atoms with Crippen molar-refractivity contribution in [2.75, 3.05) is 26.1 Å². The molecule has 0 atom stereocenters. The van der Waals surface area contributed by atoms with Crippen LogP contribution in [0.25, 0.3) is 0 Å². The fourth-order valence-corrected chi connectivity index (χ4v) is 2.47. The van der Waals surface area contributed by atoms with Crippen LogP contribution in [0, 0.1) is 6.92 Å². The zero-order valence-corrected chi connectivity index (χ0v) is 16.2. The molecular weight excluding hydrogens is 404 g/mol. The largest absolute Gasteiger partial charge is 0.493 e.